The van der Waals surface area contributed by atoms with Crippen LogP contribution in [-0.2, 0) is 9.32 Å². The molecule has 0 unspecified atom stereocenters. The zero-order valence-corrected chi connectivity index (χ0v) is 14.9. The molecule has 0 radical (unpaired) electrons. The fourth-order valence-electron chi connectivity index (χ4n) is 4.18. The van der Waals surface area contributed by atoms with Crippen LogP contribution in [0.1, 0.15) is 12.8 Å². The maximum absolute atomic E-state index is 11.9. The van der Waals surface area contributed by atoms with Gasteiger partial charge in [-0.3, -0.25) is 0 Å². The molecule has 1 aliphatic rings. The second kappa shape index (κ2) is 6.13. The molecule has 0 amide bonds. The van der Waals surface area contributed by atoms with Crippen molar-refractivity contribution in [3.8, 4) is 0 Å². The van der Waals surface area contributed by atoms with Crippen molar-refractivity contribution in [3.05, 3.63) is 91.0 Å². The standard InChI is InChI=1S/C22H21O2P/c23-18-24-25(22-16-17-22,19-10-4-1-5-11-19,20-12-6-2-7-13-20)21-14-8-3-9-15-21/h1-15,18,22H,16-17H2. The van der Waals surface area contributed by atoms with E-state index in [-0.39, 0.29) is 0 Å². The van der Waals surface area contributed by atoms with Gasteiger partial charge in [-0.25, -0.2) is 0 Å². The quantitative estimate of drug-likeness (QED) is 0.501. The summed E-state index contributed by atoms with van der Waals surface area (Å²) in [5, 5.41) is 3.38. The molecule has 25 heavy (non-hydrogen) atoms. The van der Waals surface area contributed by atoms with Crippen LogP contribution in [0, 0.1) is 0 Å². The van der Waals surface area contributed by atoms with Crippen LogP contribution in [0.3, 0.4) is 0 Å². The maximum atomic E-state index is 11.9. The molecule has 0 aliphatic heterocycles. The van der Waals surface area contributed by atoms with Crippen LogP contribution < -0.4 is 15.9 Å². The zero-order valence-electron chi connectivity index (χ0n) is 14.0. The fraction of sp³-hybridized carbons (Fsp3) is 0.136. The van der Waals surface area contributed by atoms with Crippen molar-refractivity contribution in [2.75, 3.05) is 0 Å². The Bertz CT molecular complexity index is 759. The predicted molar refractivity (Wildman–Crippen MR) is 105 cm³/mol. The third-order valence-electron chi connectivity index (χ3n) is 5.31. The van der Waals surface area contributed by atoms with Crippen LogP contribution in [0.5, 0.6) is 0 Å². The number of carbonyl (C=O) groups is 1. The monoisotopic (exact) mass is 348 g/mol. The summed E-state index contributed by atoms with van der Waals surface area (Å²) in [6.07, 6.45) is 2.15. The van der Waals surface area contributed by atoms with Gasteiger partial charge in [0, 0.05) is 0 Å². The van der Waals surface area contributed by atoms with Crippen LogP contribution >= 0.6 is 6.83 Å². The number of rotatable bonds is 6. The molecule has 1 fully saturated rings. The van der Waals surface area contributed by atoms with Gasteiger partial charge in [-0.1, -0.05) is 0 Å². The van der Waals surface area contributed by atoms with Gasteiger partial charge in [-0.05, 0) is 0 Å². The summed E-state index contributed by atoms with van der Waals surface area (Å²) in [5.41, 5.74) is 0.336. The van der Waals surface area contributed by atoms with Crippen LogP contribution in [0.25, 0.3) is 0 Å². The van der Waals surface area contributed by atoms with E-state index in [1.54, 1.807) is 0 Å². The average molecular weight is 348 g/mol. The molecule has 0 heterocycles. The van der Waals surface area contributed by atoms with E-state index < -0.39 is 6.83 Å². The summed E-state index contributed by atoms with van der Waals surface area (Å²) in [6.45, 7) is -2.65. The van der Waals surface area contributed by atoms with Crippen LogP contribution in [0.15, 0.2) is 91.0 Å². The SMILES string of the molecule is O=COP(c1ccccc1)(c1ccccc1)(c1ccccc1)C1CC1. The number of carbonyl (C=O) groups excluding carboxylic acids is 1. The second-order valence-corrected chi connectivity index (χ2v) is 11.2. The third kappa shape index (κ3) is 2.18. The van der Waals surface area contributed by atoms with Gasteiger partial charge in [0.2, 0.25) is 0 Å². The first-order valence-corrected chi connectivity index (χ1v) is 10.9. The van der Waals surface area contributed by atoms with E-state index in [0.29, 0.717) is 12.1 Å². The van der Waals surface area contributed by atoms with Crippen molar-refractivity contribution < 1.29 is 9.32 Å². The van der Waals surface area contributed by atoms with E-state index in [0.717, 1.165) is 28.8 Å². The Morgan fingerprint density at radius 2 is 1.04 bits per heavy atom. The Morgan fingerprint density at radius 1 is 0.680 bits per heavy atom. The minimum absolute atomic E-state index is 0.336. The number of hydrogen-bond donors (Lipinski definition) is 0. The Balaban J connectivity index is 2.18. The molecule has 0 bridgehead atoms. The Hall–Kier alpha value is -2.44. The summed E-state index contributed by atoms with van der Waals surface area (Å²) in [7, 11) is 0. The van der Waals surface area contributed by atoms with Crippen molar-refractivity contribution >= 4 is 29.2 Å². The molecule has 1 saturated carbocycles. The Kier molecular flexibility index (Phi) is 3.94. The third-order valence-corrected chi connectivity index (χ3v) is 11.7. The fourth-order valence-corrected chi connectivity index (χ4v) is 10.5. The summed E-state index contributed by atoms with van der Waals surface area (Å²) in [5.74, 6) is 0. The molecular weight excluding hydrogens is 327 g/mol. The molecule has 0 N–H and O–H groups in total. The summed E-state index contributed by atoms with van der Waals surface area (Å²) in [4.78, 5) is 11.9. The normalized spacial score (nSPS) is 15.8. The van der Waals surface area contributed by atoms with E-state index >= 15 is 0 Å². The van der Waals surface area contributed by atoms with E-state index in [4.69, 9.17) is 4.52 Å². The average Bonchev–Trinajstić information content (AvgIpc) is 3.54. The molecular formula is C22H21O2P. The van der Waals surface area contributed by atoms with Gasteiger partial charge >= 0.3 is 148 Å². The van der Waals surface area contributed by atoms with E-state index in [2.05, 4.69) is 36.4 Å². The summed E-state index contributed by atoms with van der Waals surface area (Å²) >= 11 is 0. The molecule has 0 aromatic heterocycles. The summed E-state index contributed by atoms with van der Waals surface area (Å²) in [6, 6.07) is 31.0. The van der Waals surface area contributed by atoms with E-state index in [1.165, 1.54) is 0 Å². The molecule has 2 nitrogen and oxygen atoms in total. The first-order chi connectivity index (χ1) is 12.3. The topological polar surface area (TPSA) is 26.3 Å². The molecule has 0 atom stereocenters. The van der Waals surface area contributed by atoms with Crippen LogP contribution in [0.2, 0.25) is 0 Å². The molecule has 3 aromatic carbocycles. The molecule has 1 aliphatic carbocycles. The zero-order chi connectivity index (χ0) is 17.2. The van der Waals surface area contributed by atoms with Crippen molar-refractivity contribution in [2.24, 2.45) is 0 Å². The molecule has 4 rings (SSSR count). The number of benzene rings is 3. The number of hydrogen-bond acceptors (Lipinski definition) is 2. The molecule has 126 valence electrons. The van der Waals surface area contributed by atoms with Crippen LogP contribution in [-0.4, -0.2) is 12.1 Å². The molecule has 3 aromatic rings. The predicted octanol–water partition coefficient (Wildman–Crippen LogP) is 3.77. The van der Waals surface area contributed by atoms with Gasteiger partial charge in [-0.15, -0.1) is 0 Å². The summed E-state index contributed by atoms with van der Waals surface area (Å²) < 4.78 is 6.35. The van der Waals surface area contributed by atoms with Crippen molar-refractivity contribution in [1.82, 2.24) is 0 Å². The van der Waals surface area contributed by atoms with Gasteiger partial charge in [0.25, 0.3) is 0 Å². The van der Waals surface area contributed by atoms with Crippen molar-refractivity contribution in [1.29, 1.82) is 0 Å². The van der Waals surface area contributed by atoms with Gasteiger partial charge in [-0.2, -0.15) is 0 Å². The van der Waals surface area contributed by atoms with Gasteiger partial charge < -0.3 is 0 Å². The van der Waals surface area contributed by atoms with Crippen molar-refractivity contribution in [3.63, 3.8) is 0 Å². The first kappa shape index (κ1) is 16.1. The van der Waals surface area contributed by atoms with E-state index in [9.17, 15) is 4.79 Å². The Labute approximate surface area is 148 Å². The van der Waals surface area contributed by atoms with Gasteiger partial charge in [0.15, 0.2) is 0 Å². The minimum atomic E-state index is -3.32. The molecule has 3 heteroatoms. The molecule has 0 spiro atoms. The van der Waals surface area contributed by atoms with E-state index in [1.807, 2.05) is 54.6 Å². The molecule has 0 saturated heterocycles. The van der Waals surface area contributed by atoms with Gasteiger partial charge in [0.1, 0.15) is 0 Å². The first-order valence-electron chi connectivity index (χ1n) is 8.63. The van der Waals surface area contributed by atoms with Gasteiger partial charge in [0.05, 0.1) is 0 Å². The second-order valence-electron chi connectivity index (χ2n) is 6.54. The van der Waals surface area contributed by atoms with Crippen LogP contribution in [0.4, 0.5) is 0 Å². The Morgan fingerprint density at radius 3 is 1.32 bits per heavy atom. The van der Waals surface area contributed by atoms with Crippen molar-refractivity contribution in [2.45, 2.75) is 18.5 Å².